The standard InChI is InChI=1S/C19H25N3O5S2/c23-18-6-5-17(20-22(18)14-7-10-29(25,26)13-14)19(24)21(11-15-3-1-8-27-15)12-16-4-2-9-28-16/h2,4,9,14-15H,1,3,5-8,10-13H2. The van der Waals surface area contributed by atoms with Gasteiger partial charge in [-0.3, -0.25) is 9.59 Å². The molecule has 29 heavy (non-hydrogen) atoms. The summed E-state index contributed by atoms with van der Waals surface area (Å²) >= 11 is 1.59. The molecule has 4 heterocycles. The van der Waals surface area contributed by atoms with Gasteiger partial charge in [-0.2, -0.15) is 5.10 Å². The molecule has 0 N–H and O–H groups in total. The molecule has 2 saturated heterocycles. The maximum Gasteiger partial charge on any atom is 0.270 e. The Kier molecular flexibility index (Phi) is 6.03. The van der Waals surface area contributed by atoms with Crippen LogP contribution in [-0.2, 0) is 30.7 Å². The van der Waals surface area contributed by atoms with Crippen LogP contribution >= 0.6 is 11.3 Å². The van der Waals surface area contributed by atoms with Gasteiger partial charge >= 0.3 is 0 Å². The van der Waals surface area contributed by atoms with Crippen molar-refractivity contribution in [3.05, 3.63) is 22.4 Å². The van der Waals surface area contributed by atoms with Gasteiger partial charge in [0.1, 0.15) is 5.71 Å². The summed E-state index contributed by atoms with van der Waals surface area (Å²) in [5, 5.41) is 7.56. The molecule has 0 aliphatic carbocycles. The third-order valence-corrected chi connectivity index (χ3v) is 8.13. The van der Waals surface area contributed by atoms with Crippen LogP contribution in [0.25, 0.3) is 0 Å². The number of nitrogens with zero attached hydrogens (tertiary/aromatic N) is 3. The molecule has 3 aliphatic rings. The van der Waals surface area contributed by atoms with Crippen LogP contribution in [0.4, 0.5) is 0 Å². The van der Waals surface area contributed by atoms with Gasteiger partial charge in [-0.25, -0.2) is 13.4 Å². The third kappa shape index (κ3) is 4.87. The number of hydrazone groups is 1. The van der Waals surface area contributed by atoms with Crippen molar-refractivity contribution < 1.29 is 22.7 Å². The predicted molar refractivity (Wildman–Crippen MR) is 109 cm³/mol. The Balaban J connectivity index is 1.53. The summed E-state index contributed by atoms with van der Waals surface area (Å²) < 4.78 is 29.3. The van der Waals surface area contributed by atoms with E-state index in [2.05, 4.69) is 5.10 Å². The smallest absolute Gasteiger partial charge is 0.270 e. The maximum absolute atomic E-state index is 13.3. The SMILES string of the molecule is O=C(C1=NN(C2CCS(=O)(=O)C2)C(=O)CC1)N(Cc1cccs1)CC1CCCO1. The lowest BCUT2D eigenvalue weighted by molar-refractivity contribution is -0.134. The van der Waals surface area contributed by atoms with Gasteiger partial charge in [0.05, 0.1) is 30.2 Å². The van der Waals surface area contributed by atoms with Gasteiger partial charge in [0.2, 0.25) is 5.91 Å². The van der Waals surface area contributed by atoms with Crippen molar-refractivity contribution in [2.24, 2.45) is 5.10 Å². The Morgan fingerprint density at radius 1 is 1.34 bits per heavy atom. The van der Waals surface area contributed by atoms with Crippen molar-refractivity contribution in [3.63, 3.8) is 0 Å². The van der Waals surface area contributed by atoms with Gasteiger partial charge in [-0.05, 0) is 30.7 Å². The van der Waals surface area contributed by atoms with Crippen molar-refractivity contribution in [2.75, 3.05) is 24.7 Å². The minimum absolute atomic E-state index is 0.0146. The minimum atomic E-state index is -3.15. The molecule has 4 rings (SSSR count). The first kappa shape index (κ1) is 20.5. The predicted octanol–water partition coefficient (Wildman–Crippen LogP) is 1.42. The molecular weight excluding hydrogens is 414 g/mol. The number of ether oxygens (including phenoxy) is 1. The summed E-state index contributed by atoms with van der Waals surface area (Å²) in [5.41, 5.74) is 0.323. The summed E-state index contributed by atoms with van der Waals surface area (Å²) in [6, 6.07) is 3.47. The number of amides is 2. The number of rotatable bonds is 6. The molecule has 2 amide bonds. The lowest BCUT2D eigenvalue weighted by atomic mass is 10.1. The Morgan fingerprint density at radius 3 is 2.86 bits per heavy atom. The highest BCUT2D eigenvalue weighted by Crippen LogP contribution is 2.24. The molecule has 3 aliphatic heterocycles. The Morgan fingerprint density at radius 2 is 2.21 bits per heavy atom. The van der Waals surface area contributed by atoms with E-state index in [1.54, 1.807) is 16.2 Å². The van der Waals surface area contributed by atoms with Crippen molar-refractivity contribution >= 4 is 38.7 Å². The molecule has 0 aromatic carbocycles. The van der Waals surface area contributed by atoms with Crippen LogP contribution in [0.15, 0.2) is 22.6 Å². The topological polar surface area (TPSA) is 96.3 Å². The van der Waals surface area contributed by atoms with Crippen LogP contribution in [0.5, 0.6) is 0 Å². The third-order valence-electron chi connectivity index (χ3n) is 5.52. The van der Waals surface area contributed by atoms with Crippen LogP contribution < -0.4 is 0 Å². The van der Waals surface area contributed by atoms with E-state index < -0.39 is 15.9 Å². The quantitative estimate of drug-likeness (QED) is 0.668. The largest absolute Gasteiger partial charge is 0.376 e. The second kappa shape index (κ2) is 8.53. The Labute approximate surface area is 174 Å². The van der Waals surface area contributed by atoms with E-state index in [4.69, 9.17) is 4.74 Å². The zero-order valence-corrected chi connectivity index (χ0v) is 17.8. The van der Waals surface area contributed by atoms with Crippen molar-refractivity contribution in [3.8, 4) is 0 Å². The number of sulfone groups is 1. The first-order valence-electron chi connectivity index (χ1n) is 9.94. The molecule has 158 valence electrons. The van der Waals surface area contributed by atoms with Crippen molar-refractivity contribution in [1.82, 2.24) is 9.91 Å². The maximum atomic E-state index is 13.3. The molecule has 10 heteroatoms. The molecular formula is C19H25N3O5S2. The molecule has 1 aromatic rings. The summed E-state index contributed by atoms with van der Waals surface area (Å²) in [7, 11) is -3.15. The summed E-state index contributed by atoms with van der Waals surface area (Å²) in [6.07, 6.45) is 2.75. The Hall–Kier alpha value is -1.78. The fraction of sp³-hybridized carbons (Fsp3) is 0.632. The highest BCUT2D eigenvalue weighted by molar-refractivity contribution is 7.91. The van der Waals surface area contributed by atoms with E-state index in [1.165, 1.54) is 5.01 Å². The highest BCUT2D eigenvalue weighted by atomic mass is 32.2. The fourth-order valence-electron chi connectivity index (χ4n) is 4.01. The van der Waals surface area contributed by atoms with E-state index >= 15 is 0 Å². The number of hydrogen-bond donors (Lipinski definition) is 0. The highest BCUT2D eigenvalue weighted by Gasteiger charge is 2.38. The second-order valence-electron chi connectivity index (χ2n) is 7.74. The lowest BCUT2D eigenvalue weighted by Crippen LogP contribution is -2.46. The van der Waals surface area contributed by atoms with Crippen molar-refractivity contribution in [2.45, 2.75) is 50.8 Å². The average Bonchev–Trinajstić information content (AvgIpc) is 3.44. The normalized spacial score (nSPS) is 26.6. The van der Waals surface area contributed by atoms with Crippen LogP contribution in [0.3, 0.4) is 0 Å². The van der Waals surface area contributed by atoms with Gasteiger partial charge in [0.25, 0.3) is 5.91 Å². The molecule has 8 nitrogen and oxygen atoms in total. The molecule has 1 aromatic heterocycles. The van der Waals surface area contributed by atoms with Gasteiger partial charge in [-0.15, -0.1) is 11.3 Å². The zero-order chi connectivity index (χ0) is 20.4. The van der Waals surface area contributed by atoms with Gasteiger partial charge < -0.3 is 9.64 Å². The number of carbonyl (C=O) groups is 2. The number of hydrogen-bond acceptors (Lipinski definition) is 7. The summed E-state index contributed by atoms with van der Waals surface area (Å²) in [4.78, 5) is 28.5. The van der Waals surface area contributed by atoms with Gasteiger partial charge in [0, 0.05) is 30.9 Å². The first-order valence-corrected chi connectivity index (χ1v) is 12.6. The Bertz CT molecular complexity index is 891. The monoisotopic (exact) mass is 439 g/mol. The molecule has 0 saturated carbocycles. The van der Waals surface area contributed by atoms with Crippen LogP contribution in [-0.4, -0.2) is 72.7 Å². The zero-order valence-electron chi connectivity index (χ0n) is 16.2. The van der Waals surface area contributed by atoms with E-state index in [0.717, 1.165) is 17.7 Å². The van der Waals surface area contributed by atoms with E-state index in [9.17, 15) is 18.0 Å². The van der Waals surface area contributed by atoms with Gasteiger partial charge in [0.15, 0.2) is 9.84 Å². The van der Waals surface area contributed by atoms with Crippen molar-refractivity contribution in [1.29, 1.82) is 0 Å². The fourth-order valence-corrected chi connectivity index (χ4v) is 6.42. The summed E-state index contributed by atoms with van der Waals surface area (Å²) in [5.74, 6) is -0.442. The average molecular weight is 440 g/mol. The number of thiophene rings is 1. The van der Waals surface area contributed by atoms with Crippen LogP contribution in [0.2, 0.25) is 0 Å². The number of carbonyl (C=O) groups excluding carboxylic acids is 2. The van der Waals surface area contributed by atoms with E-state index in [0.29, 0.717) is 31.8 Å². The molecule has 2 unspecified atom stereocenters. The molecule has 2 fully saturated rings. The minimum Gasteiger partial charge on any atom is -0.376 e. The second-order valence-corrected chi connectivity index (χ2v) is 11.0. The molecule has 2 atom stereocenters. The van der Waals surface area contributed by atoms with E-state index in [-0.39, 0.29) is 42.3 Å². The van der Waals surface area contributed by atoms with E-state index in [1.807, 2.05) is 17.5 Å². The van der Waals surface area contributed by atoms with Gasteiger partial charge in [-0.1, -0.05) is 6.07 Å². The molecule has 0 spiro atoms. The molecule has 0 radical (unpaired) electrons. The van der Waals surface area contributed by atoms with Crippen LogP contribution in [0, 0.1) is 0 Å². The molecule has 0 bridgehead atoms. The summed E-state index contributed by atoms with van der Waals surface area (Å²) in [6.45, 7) is 1.67. The first-order chi connectivity index (χ1) is 13.9. The van der Waals surface area contributed by atoms with Crippen LogP contribution in [0.1, 0.15) is 37.0 Å². The lowest BCUT2D eigenvalue weighted by Gasteiger charge is -2.30.